The van der Waals surface area contributed by atoms with Crippen LogP contribution in [0.5, 0.6) is 0 Å². The number of esters is 1. The van der Waals surface area contributed by atoms with Gasteiger partial charge in [0.2, 0.25) is 5.78 Å². The summed E-state index contributed by atoms with van der Waals surface area (Å²) in [5.41, 5.74) is 2.70. The normalized spacial score (nSPS) is 11.6. The molecule has 0 aliphatic heterocycles. The average molecular weight is 408 g/mol. The quantitative estimate of drug-likeness (QED) is 0.576. The Balaban J connectivity index is 1.91. The summed E-state index contributed by atoms with van der Waals surface area (Å²) in [4.78, 5) is 36.4. The van der Waals surface area contributed by atoms with Crippen LogP contribution in [0.25, 0.3) is 0 Å². The van der Waals surface area contributed by atoms with Gasteiger partial charge in [-0.25, -0.2) is 0 Å². The van der Waals surface area contributed by atoms with E-state index in [4.69, 9.17) is 27.9 Å². The molecule has 0 fully saturated rings. The monoisotopic (exact) mass is 407 g/mol. The van der Waals surface area contributed by atoms with Crippen LogP contribution in [0.1, 0.15) is 38.8 Å². The van der Waals surface area contributed by atoms with E-state index in [9.17, 15) is 14.4 Å². The number of Topliss-reactive ketones (excluding diaryl/α,β-unsaturated/α-hetero) is 1. The van der Waals surface area contributed by atoms with Gasteiger partial charge >= 0.3 is 5.97 Å². The van der Waals surface area contributed by atoms with E-state index >= 15 is 0 Å². The Kier molecular flexibility index (Phi) is 6.99. The molecule has 7 heteroatoms. The van der Waals surface area contributed by atoms with Crippen molar-refractivity contribution >= 4 is 40.9 Å². The summed E-state index contributed by atoms with van der Waals surface area (Å²) in [6.45, 7) is 4.96. The number of halogens is 2. The van der Waals surface area contributed by atoms with E-state index in [0.29, 0.717) is 10.6 Å². The molecule has 142 valence electrons. The van der Waals surface area contributed by atoms with Crippen LogP contribution >= 0.6 is 23.2 Å². The number of ether oxygens (including phenoxy) is 1. The lowest BCUT2D eigenvalue weighted by atomic mass is 10.0. The van der Waals surface area contributed by atoms with E-state index in [1.54, 1.807) is 12.1 Å². The summed E-state index contributed by atoms with van der Waals surface area (Å²) in [5, 5.41) is 2.98. The molecular weight excluding hydrogens is 389 g/mol. The number of ketones is 1. The van der Waals surface area contributed by atoms with Gasteiger partial charge in [0.05, 0.1) is 10.6 Å². The van der Waals surface area contributed by atoms with Crippen molar-refractivity contribution in [3.8, 4) is 0 Å². The summed E-state index contributed by atoms with van der Waals surface area (Å²) in [7, 11) is 0. The molecule has 0 spiro atoms. The maximum absolute atomic E-state index is 12.4. The van der Waals surface area contributed by atoms with Crippen molar-refractivity contribution in [1.82, 2.24) is 5.32 Å². The lowest BCUT2D eigenvalue weighted by Gasteiger charge is -2.14. The number of benzene rings is 2. The summed E-state index contributed by atoms with van der Waals surface area (Å²) in [6, 6.07) is 9.70. The molecule has 0 saturated heterocycles. The number of carbonyl (C=O) groups excluding carboxylic acids is 3. The molecule has 1 atom stereocenters. The molecule has 0 radical (unpaired) electrons. The highest BCUT2D eigenvalue weighted by atomic mass is 35.5. The Morgan fingerprint density at radius 1 is 1.04 bits per heavy atom. The van der Waals surface area contributed by atoms with Crippen LogP contribution < -0.4 is 5.32 Å². The zero-order valence-electron chi connectivity index (χ0n) is 15.1. The molecule has 5 nitrogen and oxygen atoms in total. The average Bonchev–Trinajstić information content (AvgIpc) is 2.61. The fourth-order valence-corrected chi connectivity index (χ4v) is 2.84. The molecule has 2 aromatic carbocycles. The maximum atomic E-state index is 12.4. The van der Waals surface area contributed by atoms with Crippen molar-refractivity contribution in [2.24, 2.45) is 0 Å². The fraction of sp³-hybridized carbons (Fsp3) is 0.250. The molecule has 2 aromatic rings. The molecular formula is C20H19Cl2NO4. The number of nitrogens with one attached hydrogen (secondary N) is 1. The van der Waals surface area contributed by atoms with Crippen molar-refractivity contribution in [2.45, 2.75) is 26.9 Å². The first-order valence-corrected chi connectivity index (χ1v) is 8.99. The third-order valence-electron chi connectivity index (χ3n) is 4.04. The van der Waals surface area contributed by atoms with Crippen LogP contribution in [0.4, 0.5) is 0 Å². The van der Waals surface area contributed by atoms with Gasteiger partial charge in [-0.2, -0.15) is 0 Å². The molecule has 0 unspecified atom stereocenters. The van der Waals surface area contributed by atoms with Crippen molar-refractivity contribution in [3.63, 3.8) is 0 Å². The van der Waals surface area contributed by atoms with E-state index in [2.05, 4.69) is 5.32 Å². The first-order valence-electron chi connectivity index (χ1n) is 8.23. The van der Waals surface area contributed by atoms with Crippen LogP contribution in [0, 0.1) is 13.8 Å². The summed E-state index contributed by atoms with van der Waals surface area (Å²) >= 11 is 11.7. The van der Waals surface area contributed by atoms with Gasteiger partial charge in [0.15, 0.2) is 6.10 Å². The highest BCUT2D eigenvalue weighted by Crippen LogP contribution is 2.20. The number of hydrogen-bond acceptors (Lipinski definition) is 4. The van der Waals surface area contributed by atoms with Gasteiger partial charge in [-0.3, -0.25) is 14.4 Å². The summed E-state index contributed by atoms with van der Waals surface area (Å²) in [6.07, 6.45) is -0.962. The number of rotatable bonds is 6. The van der Waals surface area contributed by atoms with Gasteiger partial charge in [0.1, 0.15) is 6.54 Å². The van der Waals surface area contributed by atoms with E-state index in [0.717, 1.165) is 11.1 Å². The standard InChI is InChI=1S/C20H19Cl2NO4/c1-11-4-5-14(8-12(11)2)19(25)13(3)27-18(24)10-23-20(26)16-7-6-15(21)9-17(16)22/h4-9,13H,10H2,1-3H3,(H,23,26)/t13-/m0/s1. The van der Waals surface area contributed by atoms with Crippen molar-refractivity contribution in [1.29, 1.82) is 0 Å². The Hall–Kier alpha value is -2.37. The molecule has 2 rings (SSSR count). The smallest absolute Gasteiger partial charge is 0.326 e. The van der Waals surface area contributed by atoms with Gasteiger partial charge in [-0.15, -0.1) is 0 Å². The second-order valence-electron chi connectivity index (χ2n) is 6.10. The van der Waals surface area contributed by atoms with Gasteiger partial charge in [0, 0.05) is 10.6 Å². The number of aryl methyl sites for hydroxylation is 2. The summed E-state index contributed by atoms with van der Waals surface area (Å²) < 4.78 is 5.12. The molecule has 0 bridgehead atoms. The minimum absolute atomic E-state index is 0.173. The minimum atomic E-state index is -0.962. The zero-order chi connectivity index (χ0) is 20.1. The zero-order valence-corrected chi connectivity index (χ0v) is 16.6. The Morgan fingerprint density at radius 2 is 1.74 bits per heavy atom. The van der Waals surface area contributed by atoms with Crippen LogP contribution in [0.3, 0.4) is 0 Å². The molecule has 0 saturated carbocycles. The number of hydrogen-bond donors (Lipinski definition) is 1. The molecule has 1 N–H and O–H groups in total. The predicted octanol–water partition coefficient (Wildman–Crippen LogP) is 4.15. The van der Waals surface area contributed by atoms with Gasteiger partial charge in [0.25, 0.3) is 5.91 Å². The molecule has 1 amide bonds. The highest BCUT2D eigenvalue weighted by molar-refractivity contribution is 6.36. The molecule has 27 heavy (non-hydrogen) atoms. The second-order valence-corrected chi connectivity index (χ2v) is 6.95. The van der Waals surface area contributed by atoms with E-state index in [1.165, 1.54) is 25.1 Å². The predicted molar refractivity (Wildman–Crippen MR) is 105 cm³/mol. The van der Waals surface area contributed by atoms with Crippen LogP contribution in [0.2, 0.25) is 10.0 Å². The number of carbonyl (C=O) groups is 3. The molecule has 0 heterocycles. The van der Waals surface area contributed by atoms with Crippen LogP contribution in [-0.2, 0) is 9.53 Å². The first-order chi connectivity index (χ1) is 12.7. The van der Waals surface area contributed by atoms with E-state index in [-0.39, 0.29) is 22.9 Å². The molecule has 0 aliphatic carbocycles. The van der Waals surface area contributed by atoms with Gasteiger partial charge in [-0.1, -0.05) is 35.3 Å². The highest BCUT2D eigenvalue weighted by Gasteiger charge is 2.20. The Labute approximate surface area is 167 Å². The second kappa shape index (κ2) is 9.02. The van der Waals surface area contributed by atoms with Crippen LogP contribution in [0.15, 0.2) is 36.4 Å². The Bertz CT molecular complexity index is 896. The Morgan fingerprint density at radius 3 is 2.37 bits per heavy atom. The van der Waals surface area contributed by atoms with E-state index < -0.39 is 18.0 Å². The topological polar surface area (TPSA) is 72.5 Å². The molecule has 0 aliphatic rings. The molecule has 0 aromatic heterocycles. The minimum Gasteiger partial charge on any atom is -0.453 e. The third kappa shape index (κ3) is 5.55. The van der Waals surface area contributed by atoms with Gasteiger partial charge < -0.3 is 10.1 Å². The SMILES string of the molecule is Cc1ccc(C(=O)[C@H](C)OC(=O)CNC(=O)c2ccc(Cl)cc2Cl)cc1C. The van der Waals surface area contributed by atoms with Crippen molar-refractivity contribution < 1.29 is 19.1 Å². The maximum Gasteiger partial charge on any atom is 0.326 e. The lowest BCUT2D eigenvalue weighted by Crippen LogP contribution is -2.34. The number of amides is 1. The van der Waals surface area contributed by atoms with Gasteiger partial charge in [-0.05, 0) is 56.2 Å². The van der Waals surface area contributed by atoms with Crippen molar-refractivity contribution in [3.05, 3.63) is 68.7 Å². The largest absolute Gasteiger partial charge is 0.453 e. The lowest BCUT2D eigenvalue weighted by molar-refractivity contribution is -0.145. The summed E-state index contributed by atoms with van der Waals surface area (Å²) in [5.74, 6) is -1.57. The first kappa shape index (κ1) is 20.9. The fourth-order valence-electron chi connectivity index (χ4n) is 2.34. The third-order valence-corrected chi connectivity index (χ3v) is 4.59. The van der Waals surface area contributed by atoms with E-state index in [1.807, 2.05) is 19.9 Å². The van der Waals surface area contributed by atoms with Crippen LogP contribution in [-0.4, -0.2) is 30.3 Å². The van der Waals surface area contributed by atoms with Crippen molar-refractivity contribution in [2.75, 3.05) is 6.54 Å².